The van der Waals surface area contributed by atoms with Crippen molar-refractivity contribution in [3.63, 3.8) is 0 Å². The Hall–Kier alpha value is 0.110. The third-order valence-electron chi connectivity index (χ3n) is 1.29. The van der Waals surface area contributed by atoms with Crippen LogP contribution in [-0.4, -0.2) is 5.33 Å². The third-order valence-corrected chi connectivity index (χ3v) is 3.45. The van der Waals surface area contributed by atoms with Gasteiger partial charge in [-0.2, -0.15) is 0 Å². The molecule has 1 unspecified atom stereocenters. The van der Waals surface area contributed by atoms with Gasteiger partial charge in [0.1, 0.15) is 0 Å². The zero-order valence-corrected chi connectivity index (χ0v) is 8.01. The molecule has 1 aromatic heterocycles. The largest absolute Gasteiger partial charge is 0.237 e. The van der Waals surface area contributed by atoms with E-state index in [1.54, 1.807) is 6.92 Å². The van der Waals surface area contributed by atoms with E-state index in [1.807, 2.05) is 17.5 Å². The molecule has 0 amide bonds. The van der Waals surface area contributed by atoms with Gasteiger partial charge in [0.2, 0.25) is 0 Å². The van der Waals surface area contributed by atoms with Gasteiger partial charge in [-0.1, -0.05) is 22.0 Å². The lowest BCUT2D eigenvalue weighted by atomic mass is 10.1. The number of alkyl halides is 2. The maximum atomic E-state index is 13.3. The fraction of sp³-hybridized carbons (Fsp3) is 0.429. The Balaban J connectivity index is 2.85. The third kappa shape index (κ3) is 1.58. The average molecular weight is 223 g/mol. The topological polar surface area (TPSA) is 0 Å². The summed E-state index contributed by atoms with van der Waals surface area (Å²) < 4.78 is 13.3. The van der Waals surface area contributed by atoms with Crippen LogP contribution in [0.5, 0.6) is 0 Å². The molecular formula is C7H8BrFS. The lowest BCUT2D eigenvalue weighted by Gasteiger charge is -2.13. The molecule has 0 spiro atoms. The summed E-state index contributed by atoms with van der Waals surface area (Å²) in [6.07, 6.45) is 0. The lowest BCUT2D eigenvalue weighted by molar-refractivity contribution is 0.236. The SMILES string of the molecule is CC(F)(CBr)c1cccs1. The van der Waals surface area contributed by atoms with Gasteiger partial charge in [-0.25, -0.2) is 4.39 Å². The Morgan fingerprint density at radius 1 is 1.80 bits per heavy atom. The minimum absolute atomic E-state index is 0.362. The molecule has 1 heterocycles. The zero-order chi connectivity index (χ0) is 7.61. The van der Waals surface area contributed by atoms with Crippen LogP contribution in [0.15, 0.2) is 17.5 Å². The molecule has 0 radical (unpaired) electrons. The first-order valence-electron chi connectivity index (χ1n) is 2.95. The van der Waals surface area contributed by atoms with Gasteiger partial charge in [0.15, 0.2) is 5.67 Å². The summed E-state index contributed by atoms with van der Waals surface area (Å²) >= 11 is 4.57. The van der Waals surface area contributed by atoms with Crippen LogP contribution in [0.2, 0.25) is 0 Å². The van der Waals surface area contributed by atoms with Gasteiger partial charge in [0, 0.05) is 10.2 Å². The molecule has 1 rings (SSSR count). The first-order chi connectivity index (χ1) is 4.67. The molecule has 1 aromatic rings. The molecule has 3 heteroatoms. The van der Waals surface area contributed by atoms with Crippen molar-refractivity contribution in [3.8, 4) is 0 Å². The maximum absolute atomic E-state index is 13.3. The van der Waals surface area contributed by atoms with E-state index in [-0.39, 0.29) is 0 Å². The Kier molecular flexibility index (Phi) is 2.47. The van der Waals surface area contributed by atoms with Gasteiger partial charge in [0.25, 0.3) is 0 Å². The van der Waals surface area contributed by atoms with E-state index in [4.69, 9.17) is 0 Å². The van der Waals surface area contributed by atoms with Crippen LogP contribution in [0, 0.1) is 0 Å². The summed E-state index contributed by atoms with van der Waals surface area (Å²) in [4.78, 5) is 0.782. The highest BCUT2D eigenvalue weighted by molar-refractivity contribution is 9.09. The molecule has 0 bridgehead atoms. The molecule has 0 aliphatic carbocycles. The van der Waals surface area contributed by atoms with Crippen molar-refractivity contribution in [2.45, 2.75) is 12.6 Å². The predicted octanol–water partition coefficient (Wildman–Crippen LogP) is 3.33. The van der Waals surface area contributed by atoms with Gasteiger partial charge in [-0.15, -0.1) is 11.3 Å². The van der Waals surface area contributed by atoms with Crippen LogP contribution in [0.4, 0.5) is 4.39 Å². The van der Waals surface area contributed by atoms with Crippen LogP contribution in [0.25, 0.3) is 0 Å². The van der Waals surface area contributed by atoms with E-state index in [0.29, 0.717) is 5.33 Å². The summed E-state index contributed by atoms with van der Waals surface area (Å²) in [7, 11) is 0. The molecule has 0 saturated heterocycles. The number of hydrogen-bond acceptors (Lipinski definition) is 1. The van der Waals surface area contributed by atoms with Crippen LogP contribution >= 0.6 is 27.3 Å². The smallest absolute Gasteiger partial charge is 0.151 e. The highest BCUT2D eigenvalue weighted by Gasteiger charge is 2.24. The monoisotopic (exact) mass is 222 g/mol. The van der Waals surface area contributed by atoms with Gasteiger partial charge in [0.05, 0.1) is 0 Å². The number of rotatable bonds is 2. The normalized spacial score (nSPS) is 16.7. The van der Waals surface area contributed by atoms with Crippen molar-refractivity contribution in [2.24, 2.45) is 0 Å². The minimum atomic E-state index is -1.20. The Morgan fingerprint density at radius 2 is 2.50 bits per heavy atom. The van der Waals surface area contributed by atoms with Gasteiger partial charge >= 0.3 is 0 Å². The molecule has 0 aliphatic rings. The lowest BCUT2D eigenvalue weighted by Crippen LogP contribution is -2.14. The second-order valence-corrected chi connectivity index (χ2v) is 3.82. The van der Waals surface area contributed by atoms with Crippen molar-refractivity contribution in [3.05, 3.63) is 22.4 Å². The Labute approximate surface area is 72.2 Å². The van der Waals surface area contributed by atoms with E-state index in [2.05, 4.69) is 15.9 Å². The number of halogens is 2. The van der Waals surface area contributed by atoms with Crippen molar-refractivity contribution >= 4 is 27.3 Å². The fourth-order valence-corrected chi connectivity index (χ4v) is 1.91. The molecule has 56 valence electrons. The van der Waals surface area contributed by atoms with Gasteiger partial charge in [-0.05, 0) is 18.4 Å². The van der Waals surface area contributed by atoms with Gasteiger partial charge in [-0.3, -0.25) is 0 Å². The summed E-state index contributed by atoms with van der Waals surface area (Å²) in [6, 6.07) is 3.67. The molecule has 1 atom stereocenters. The van der Waals surface area contributed by atoms with E-state index >= 15 is 0 Å². The molecule has 10 heavy (non-hydrogen) atoms. The minimum Gasteiger partial charge on any atom is -0.237 e. The predicted molar refractivity (Wildman–Crippen MR) is 46.6 cm³/mol. The summed E-state index contributed by atoms with van der Waals surface area (Å²) in [6.45, 7) is 1.58. The van der Waals surface area contributed by atoms with Crippen molar-refractivity contribution in [2.75, 3.05) is 5.33 Å². The van der Waals surface area contributed by atoms with E-state index in [0.717, 1.165) is 4.88 Å². The maximum Gasteiger partial charge on any atom is 0.151 e. The Morgan fingerprint density at radius 3 is 2.90 bits per heavy atom. The van der Waals surface area contributed by atoms with Crippen LogP contribution in [-0.2, 0) is 5.67 Å². The van der Waals surface area contributed by atoms with Crippen molar-refractivity contribution in [1.29, 1.82) is 0 Å². The van der Waals surface area contributed by atoms with Crippen molar-refractivity contribution < 1.29 is 4.39 Å². The molecular weight excluding hydrogens is 215 g/mol. The van der Waals surface area contributed by atoms with Crippen molar-refractivity contribution in [1.82, 2.24) is 0 Å². The van der Waals surface area contributed by atoms with E-state index in [1.165, 1.54) is 11.3 Å². The number of hydrogen-bond donors (Lipinski definition) is 0. The van der Waals surface area contributed by atoms with Gasteiger partial charge < -0.3 is 0 Å². The summed E-state index contributed by atoms with van der Waals surface area (Å²) in [5, 5.41) is 2.25. The molecule has 0 aliphatic heterocycles. The standard InChI is InChI=1S/C7H8BrFS/c1-7(9,5-8)6-3-2-4-10-6/h2-4H,5H2,1H3. The molecule has 0 fully saturated rings. The molecule has 0 aromatic carbocycles. The Bertz CT molecular complexity index is 193. The first-order valence-corrected chi connectivity index (χ1v) is 4.96. The van der Waals surface area contributed by atoms with Crippen LogP contribution in [0.3, 0.4) is 0 Å². The first kappa shape index (κ1) is 8.21. The molecule has 0 saturated carbocycles. The number of thiophene rings is 1. The zero-order valence-electron chi connectivity index (χ0n) is 5.60. The van der Waals surface area contributed by atoms with E-state index < -0.39 is 5.67 Å². The summed E-state index contributed by atoms with van der Waals surface area (Å²) in [5.74, 6) is 0. The second kappa shape index (κ2) is 3.01. The summed E-state index contributed by atoms with van der Waals surface area (Å²) in [5.41, 5.74) is -1.20. The van der Waals surface area contributed by atoms with Crippen LogP contribution < -0.4 is 0 Å². The van der Waals surface area contributed by atoms with Crippen LogP contribution in [0.1, 0.15) is 11.8 Å². The second-order valence-electron chi connectivity index (χ2n) is 2.31. The van der Waals surface area contributed by atoms with E-state index in [9.17, 15) is 4.39 Å². The molecule has 0 nitrogen and oxygen atoms in total. The quantitative estimate of drug-likeness (QED) is 0.674. The average Bonchev–Trinajstić information content (AvgIpc) is 2.38. The highest BCUT2D eigenvalue weighted by Crippen LogP contribution is 2.30. The fourth-order valence-electron chi connectivity index (χ4n) is 0.641. The highest BCUT2D eigenvalue weighted by atomic mass is 79.9. The molecule has 0 N–H and O–H groups in total.